The average Bonchev–Trinajstić information content (AvgIpc) is 3.29. The van der Waals surface area contributed by atoms with Crippen molar-refractivity contribution in [2.75, 3.05) is 18.5 Å². The molecular formula is C19H22N4O3. The highest BCUT2D eigenvalue weighted by molar-refractivity contribution is 5.94. The summed E-state index contributed by atoms with van der Waals surface area (Å²) in [7, 11) is 1.73. The highest BCUT2D eigenvalue weighted by Crippen LogP contribution is 2.23. The number of carbonyl (C=O) groups excluding carboxylic acids is 2. The molecule has 7 nitrogen and oxygen atoms in total. The molecule has 0 radical (unpaired) electrons. The molecular weight excluding hydrogens is 332 g/mol. The summed E-state index contributed by atoms with van der Waals surface area (Å²) in [5.41, 5.74) is 2.06. The van der Waals surface area contributed by atoms with Crippen LogP contribution in [0.2, 0.25) is 0 Å². The van der Waals surface area contributed by atoms with Gasteiger partial charge in [-0.1, -0.05) is 6.92 Å². The first kappa shape index (κ1) is 17.7. The van der Waals surface area contributed by atoms with Crippen molar-refractivity contribution in [2.24, 2.45) is 0 Å². The highest BCUT2D eigenvalue weighted by Gasteiger charge is 2.19. The van der Waals surface area contributed by atoms with Gasteiger partial charge < -0.3 is 9.32 Å². The van der Waals surface area contributed by atoms with Crippen molar-refractivity contribution in [1.82, 2.24) is 14.3 Å². The molecule has 0 spiro atoms. The molecule has 0 saturated carbocycles. The van der Waals surface area contributed by atoms with Crippen molar-refractivity contribution in [3.05, 3.63) is 53.7 Å². The number of hydrogen-bond acceptors (Lipinski definition) is 4. The molecule has 2 amide bonds. The van der Waals surface area contributed by atoms with Crippen LogP contribution in [-0.4, -0.2) is 40.2 Å². The number of furan rings is 1. The van der Waals surface area contributed by atoms with Crippen molar-refractivity contribution >= 4 is 23.8 Å². The Morgan fingerprint density at radius 3 is 2.73 bits per heavy atom. The molecule has 3 rings (SSSR count). The monoisotopic (exact) mass is 354 g/mol. The van der Waals surface area contributed by atoms with E-state index in [0.29, 0.717) is 36.5 Å². The SMILES string of the molecule is CCc1nc2ccc(C(=O)N(C)Cc3ccco3)cn2c1N(C=O)CC. The smallest absolute Gasteiger partial charge is 0.255 e. The summed E-state index contributed by atoms with van der Waals surface area (Å²) in [5, 5.41) is 0. The first-order chi connectivity index (χ1) is 12.6. The topological polar surface area (TPSA) is 71.1 Å². The predicted octanol–water partition coefficient (Wildman–Crippen LogP) is 2.74. The van der Waals surface area contributed by atoms with E-state index in [9.17, 15) is 9.59 Å². The molecule has 0 aromatic carbocycles. The lowest BCUT2D eigenvalue weighted by Gasteiger charge is -2.18. The summed E-state index contributed by atoms with van der Waals surface area (Å²) in [6.45, 7) is 4.81. The molecule has 0 aliphatic carbocycles. The predicted molar refractivity (Wildman–Crippen MR) is 98.2 cm³/mol. The fourth-order valence-electron chi connectivity index (χ4n) is 2.95. The lowest BCUT2D eigenvalue weighted by atomic mass is 10.2. The van der Waals surface area contributed by atoms with E-state index in [0.717, 1.165) is 17.9 Å². The van der Waals surface area contributed by atoms with E-state index in [1.165, 1.54) is 0 Å². The molecule has 0 aliphatic heterocycles. The standard InChI is InChI=1S/C19H22N4O3/c1-4-16-18(22(5-2)13-24)23-11-14(8-9-17(23)20-16)19(25)21(3)12-15-7-6-10-26-15/h6-11,13H,4-5,12H2,1-3H3. The molecule has 0 fully saturated rings. The number of aromatic nitrogens is 2. The molecule has 3 heterocycles. The van der Waals surface area contributed by atoms with E-state index in [-0.39, 0.29) is 5.91 Å². The van der Waals surface area contributed by atoms with Crippen LogP contribution in [0.3, 0.4) is 0 Å². The number of anilines is 1. The molecule has 0 bridgehead atoms. The molecule has 7 heteroatoms. The largest absolute Gasteiger partial charge is 0.467 e. The Balaban J connectivity index is 1.98. The molecule has 136 valence electrons. The van der Waals surface area contributed by atoms with E-state index in [1.54, 1.807) is 47.5 Å². The number of nitrogens with zero attached hydrogens (tertiary/aromatic N) is 4. The summed E-state index contributed by atoms with van der Waals surface area (Å²) in [5.74, 6) is 1.30. The third-order valence-corrected chi connectivity index (χ3v) is 4.30. The van der Waals surface area contributed by atoms with Crippen LogP contribution in [0.1, 0.15) is 35.7 Å². The zero-order chi connectivity index (χ0) is 18.7. The molecule has 3 aromatic heterocycles. The number of carbonyl (C=O) groups is 2. The number of pyridine rings is 1. The van der Waals surface area contributed by atoms with Gasteiger partial charge in [0.25, 0.3) is 5.91 Å². The van der Waals surface area contributed by atoms with Gasteiger partial charge in [-0.05, 0) is 37.6 Å². The maximum Gasteiger partial charge on any atom is 0.255 e. The van der Waals surface area contributed by atoms with Crippen LogP contribution in [-0.2, 0) is 17.8 Å². The molecule has 0 atom stereocenters. The minimum atomic E-state index is -0.129. The normalized spacial score (nSPS) is 10.9. The van der Waals surface area contributed by atoms with Gasteiger partial charge in [-0.3, -0.25) is 18.9 Å². The minimum Gasteiger partial charge on any atom is -0.467 e. The Morgan fingerprint density at radius 1 is 1.31 bits per heavy atom. The molecule has 0 N–H and O–H groups in total. The lowest BCUT2D eigenvalue weighted by Crippen LogP contribution is -2.26. The summed E-state index contributed by atoms with van der Waals surface area (Å²) >= 11 is 0. The molecule has 0 aliphatic rings. The summed E-state index contributed by atoms with van der Waals surface area (Å²) in [6.07, 6.45) is 4.82. The maximum absolute atomic E-state index is 12.8. The Bertz CT molecular complexity index is 914. The van der Waals surface area contributed by atoms with Crippen LogP contribution in [0.15, 0.2) is 41.1 Å². The Hall–Kier alpha value is -3.09. The molecule has 0 unspecified atom stereocenters. The van der Waals surface area contributed by atoms with Crippen LogP contribution >= 0.6 is 0 Å². The van der Waals surface area contributed by atoms with Crippen LogP contribution in [0, 0.1) is 0 Å². The van der Waals surface area contributed by atoms with Gasteiger partial charge in [0, 0.05) is 19.8 Å². The maximum atomic E-state index is 12.8. The summed E-state index contributed by atoms with van der Waals surface area (Å²) in [6, 6.07) is 7.18. The van der Waals surface area contributed by atoms with E-state index < -0.39 is 0 Å². The van der Waals surface area contributed by atoms with Crippen molar-refractivity contribution in [3.8, 4) is 0 Å². The van der Waals surface area contributed by atoms with Gasteiger partial charge in [0.1, 0.15) is 17.2 Å². The summed E-state index contributed by atoms with van der Waals surface area (Å²) in [4.78, 5) is 32.0. The van der Waals surface area contributed by atoms with Crippen LogP contribution in [0.4, 0.5) is 5.82 Å². The van der Waals surface area contributed by atoms with Crippen LogP contribution in [0.5, 0.6) is 0 Å². The van der Waals surface area contributed by atoms with Crippen molar-refractivity contribution in [2.45, 2.75) is 26.8 Å². The number of imidazole rings is 1. The second-order valence-electron chi connectivity index (χ2n) is 6.01. The molecule has 0 saturated heterocycles. The minimum absolute atomic E-state index is 0.129. The Kier molecular flexibility index (Phi) is 5.06. The lowest BCUT2D eigenvalue weighted by molar-refractivity contribution is -0.107. The zero-order valence-corrected chi connectivity index (χ0v) is 15.2. The average molecular weight is 354 g/mol. The van der Waals surface area contributed by atoms with E-state index in [4.69, 9.17) is 4.42 Å². The van der Waals surface area contributed by atoms with Crippen LogP contribution in [0.25, 0.3) is 5.65 Å². The van der Waals surface area contributed by atoms with Gasteiger partial charge in [-0.25, -0.2) is 4.98 Å². The second kappa shape index (κ2) is 7.43. The van der Waals surface area contributed by atoms with Crippen molar-refractivity contribution in [3.63, 3.8) is 0 Å². The third kappa shape index (κ3) is 3.20. The first-order valence-electron chi connectivity index (χ1n) is 8.59. The van der Waals surface area contributed by atoms with Crippen molar-refractivity contribution < 1.29 is 14.0 Å². The van der Waals surface area contributed by atoms with E-state index in [1.807, 2.05) is 24.3 Å². The van der Waals surface area contributed by atoms with Gasteiger partial charge in [0.15, 0.2) is 0 Å². The summed E-state index contributed by atoms with van der Waals surface area (Å²) < 4.78 is 7.11. The number of amides is 2. The number of hydrogen-bond donors (Lipinski definition) is 0. The Morgan fingerprint density at radius 2 is 2.12 bits per heavy atom. The van der Waals surface area contributed by atoms with E-state index in [2.05, 4.69) is 4.98 Å². The number of fused-ring (bicyclic) bond motifs is 1. The van der Waals surface area contributed by atoms with Gasteiger partial charge >= 0.3 is 0 Å². The zero-order valence-electron chi connectivity index (χ0n) is 15.2. The Labute approximate surface area is 151 Å². The molecule has 26 heavy (non-hydrogen) atoms. The number of rotatable bonds is 7. The van der Waals surface area contributed by atoms with E-state index >= 15 is 0 Å². The second-order valence-corrected chi connectivity index (χ2v) is 6.01. The fraction of sp³-hybridized carbons (Fsp3) is 0.316. The van der Waals surface area contributed by atoms with Gasteiger partial charge in [-0.2, -0.15) is 0 Å². The first-order valence-corrected chi connectivity index (χ1v) is 8.59. The highest BCUT2D eigenvalue weighted by atomic mass is 16.3. The van der Waals surface area contributed by atoms with Gasteiger partial charge in [0.05, 0.1) is 24.1 Å². The van der Waals surface area contributed by atoms with Crippen molar-refractivity contribution in [1.29, 1.82) is 0 Å². The third-order valence-electron chi connectivity index (χ3n) is 4.30. The fourth-order valence-corrected chi connectivity index (χ4v) is 2.95. The quantitative estimate of drug-likeness (QED) is 0.612. The number of aryl methyl sites for hydroxylation is 1. The molecule has 3 aromatic rings. The van der Waals surface area contributed by atoms with Gasteiger partial charge in [0.2, 0.25) is 6.41 Å². The van der Waals surface area contributed by atoms with Crippen LogP contribution < -0.4 is 4.90 Å². The van der Waals surface area contributed by atoms with Gasteiger partial charge in [-0.15, -0.1) is 0 Å².